The summed E-state index contributed by atoms with van der Waals surface area (Å²) in [5.41, 5.74) is 7.27. The average Bonchev–Trinajstić information content (AvgIpc) is 2.48. The number of carbonyl (C=O) groups excluding carboxylic acids is 1. The highest BCUT2D eigenvalue weighted by atomic mass is 19.1. The third-order valence-corrected chi connectivity index (χ3v) is 2.77. The van der Waals surface area contributed by atoms with Crippen molar-refractivity contribution in [1.29, 1.82) is 0 Å². The normalized spacial score (nSPS) is 9.67. The molecule has 1 aromatic carbocycles. The summed E-state index contributed by atoms with van der Waals surface area (Å²) in [6.45, 7) is 2.07. The van der Waals surface area contributed by atoms with Gasteiger partial charge in [0.15, 0.2) is 5.82 Å². The van der Waals surface area contributed by atoms with Gasteiger partial charge in [0.2, 0.25) is 0 Å². The molecule has 2 aromatic rings. The summed E-state index contributed by atoms with van der Waals surface area (Å²) < 4.78 is 13.5. The molecule has 0 aliphatic rings. The molecule has 0 saturated carbocycles. The van der Waals surface area contributed by atoms with Gasteiger partial charge in [-0.25, -0.2) is 4.39 Å². The van der Waals surface area contributed by atoms with Crippen molar-refractivity contribution < 1.29 is 9.18 Å². The van der Waals surface area contributed by atoms with E-state index in [0.29, 0.717) is 11.1 Å². The lowest BCUT2D eigenvalue weighted by Crippen LogP contribution is -2.15. The minimum atomic E-state index is -0.590. The van der Waals surface area contributed by atoms with Gasteiger partial charge < -0.3 is 11.1 Å². The molecule has 21 heavy (non-hydrogen) atoms. The van der Waals surface area contributed by atoms with Gasteiger partial charge in [0.05, 0.1) is 24.0 Å². The second-order valence-corrected chi connectivity index (χ2v) is 4.36. The van der Waals surface area contributed by atoms with Crippen molar-refractivity contribution in [2.24, 2.45) is 5.73 Å². The molecule has 0 saturated heterocycles. The fourth-order valence-corrected chi connectivity index (χ4v) is 1.77. The fraction of sp³-hybridized carbons (Fsp3) is 0.125. The average molecular weight is 283 g/mol. The molecule has 0 bridgehead atoms. The van der Waals surface area contributed by atoms with Gasteiger partial charge >= 0.3 is 0 Å². The van der Waals surface area contributed by atoms with E-state index in [9.17, 15) is 9.18 Å². The monoisotopic (exact) mass is 283 g/mol. The molecule has 0 atom stereocenters. The van der Waals surface area contributed by atoms with Crippen LogP contribution < -0.4 is 11.1 Å². The Morgan fingerprint density at radius 2 is 2.24 bits per heavy atom. The quantitative estimate of drug-likeness (QED) is 0.829. The standard InChI is InChI=1S/C16H14FN3O/c1-11-4-5-12(3-2-7-18)13(9-11)16(21)20-15-6-8-19-10-14(15)17/h4-6,8-10H,7,18H2,1H3,(H,19,20,21). The Bertz CT molecular complexity index is 732. The van der Waals surface area contributed by atoms with E-state index in [0.717, 1.165) is 11.8 Å². The highest BCUT2D eigenvalue weighted by Gasteiger charge is 2.13. The van der Waals surface area contributed by atoms with Crippen LogP contribution in [-0.2, 0) is 0 Å². The maximum absolute atomic E-state index is 13.5. The first-order valence-electron chi connectivity index (χ1n) is 6.32. The molecule has 0 unspecified atom stereocenters. The fourth-order valence-electron chi connectivity index (χ4n) is 1.77. The first-order chi connectivity index (χ1) is 10.1. The summed E-state index contributed by atoms with van der Waals surface area (Å²) in [5.74, 6) is 4.53. The molecule has 0 radical (unpaired) electrons. The molecule has 5 heteroatoms. The Morgan fingerprint density at radius 3 is 2.95 bits per heavy atom. The Labute approximate surface area is 122 Å². The van der Waals surface area contributed by atoms with Crippen LogP contribution in [0.25, 0.3) is 0 Å². The van der Waals surface area contributed by atoms with Crippen LogP contribution in [-0.4, -0.2) is 17.4 Å². The number of amides is 1. The van der Waals surface area contributed by atoms with Crippen molar-refractivity contribution >= 4 is 11.6 Å². The number of nitrogens with two attached hydrogens (primary N) is 1. The summed E-state index contributed by atoms with van der Waals surface area (Å²) in [6, 6.07) is 6.70. The highest BCUT2D eigenvalue weighted by molar-refractivity contribution is 6.06. The molecule has 106 valence electrons. The number of carbonyl (C=O) groups is 1. The van der Waals surface area contributed by atoms with E-state index in [-0.39, 0.29) is 12.2 Å². The molecule has 4 nitrogen and oxygen atoms in total. The van der Waals surface area contributed by atoms with Crippen LogP contribution >= 0.6 is 0 Å². The van der Waals surface area contributed by atoms with Crippen molar-refractivity contribution in [2.75, 3.05) is 11.9 Å². The third-order valence-electron chi connectivity index (χ3n) is 2.77. The zero-order chi connectivity index (χ0) is 15.2. The number of nitrogens with one attached hydrogen (secondary N) is 1. The first-order valence-corrected chi connectivity index (χ1v) is 6.32. The van der Waals surface area contributed by atoms with E-state index in [4.69, 9.17) is 5.73 Å². The molecule has 3 N–H and O–H groups in total. The molecule has 0 fully saturated rings. The Hall–Kier alpha value is -2.71. The van der Waals surface area contributed by atoms with Gasteiger partial charge in [-0.05, 0) is 25.1 Å². The SMILES string of the molecule is Cc1ccc(C#CCN)c(C(=O)Nc2ccncc2F)c1. The minimum absolute atomic E-state index is 0.0780. The molecular weight excluding hydrogens is 269 g/mol. The number of anilines is 1. The van der Waals surface area contributed by atoms with Crippen molar-refractivity contribution in [2.45, 2.75) is 6.92 Å². The van der Waals surface area contributed by atoms with Crippen molar-refractivity contribution in [1.82, 2.24) is 4.98 Å². The van der Waals surface area contributed by atoms with Crippen LogP contribution in [0.4, 0.5) is 10.1 Å². The second-order valence-electron chi connectivity index (χ2n) is 4.36. The zero-order valence-electron chi connectivity index (χ0n) is 11.5. The number of benzene rings is 1. The number of aryl methyl sites for hydroxylation is 1. The molecule has 1 aromatic heterocycles. The number of nitrogens with zero attached hydrogens (tertiary/aromatic N) is 1. The molecule has 1 heterocycles. The van der Waals surface area contributed by atoms with E-state index in [1.54, 1.807) is 12.1 Å². The van der Waals surface area contributed by atoms with Crippen LogP contribution in [0.3, 0.4) is 0 Å². The predicted octanol–water partition coefficient (Wildman–Crippen LogP) is 2.09. The summed E-state index contributed by atoms with van der Waals surface area (Å²) in [4.78, 5) is 15.9. The molecular formula is C16H14FN3O. The van der Waals surface area contributed by atoms with E-state index >= 15 is 0 Å². The van der Waals surface area contributed by atoms with Crippen LogP contribution in [0.5, 0.6) is 0 Å². The number of rotatable bonds is 2. The zero-order valence-corrected chi connectivity index (χ0v) is 11.5. The summed E-state index contributed by atoms with van der Waals surface area (Å²) in [6.07, 6.45) is 2.45. The van der Waals surface area contributed by atoms with Crippen LogP contribution in [0.15, 0.2) is 36.7 Å². The second kappa shape index (κ2) is 6.64. The lowest BCUT2D eigenvalue weighted by atomic mass is 10.0. The van der Waals surface area contributed by atoms with Crippen LogP contribution in [0.2, 0.25) is 0 Å². The Balaban J connectivity index is 2.34. The maximum atomic E-state index is 13.5. The van der Waals surface area contributed by atoms with Crippen molar-refractivity contribution in [3.63, 3.8) is 0 Å². The van der Waals surface area contributed by atoms with Gasteiger partial charge in [-0.15, -0.1) is 0 Å². The number of aromatic nitrogens is 1. The summed E-state index contributed by atoms with van der Waals surface area (Å²) in [5, 5.41) is 2.52. The lowest BCUT2D eigenvalue weighted by molar-refractivity contribution is 0.102. The summed E-state index contributed by atoms with van der Waals surface area (Å²) >= 11 is 0. The predicted molar refractivity (Wildman–Crippen MR) is 79.3 cm³/mol. The molecule has 1 amide bonds. The van der Waals surface area contributed by atoms with E-state index < -0.39 is 11.7 Å². The number of halogens is 1. The topological polar surface area (TPSA) is 68.0 Å². The number of hydrogen-bond acceptors (Lipinski definition) is 3. The van der Waals surface area contributed by atoms with Gasteiger partial charge in [0, 0.05) is 11.8 Å². The Kier molecular flexibility index (Phi) is 4.64. The van der Waals surface area contributed by atoms with Gasteiger partial charge in [0.1, 0.15) is 0 Å². The smallest absolute Gasteiger partial charge is 0.257 e. The van der Waals surface area contributed by atoms with E-state index in [2.05, 4.69) is 22.1 Å². The number of pyridine rings is 1. The molecule has 0 aliphatic carbocycles. The van der Waals surface area contributed by atoms with E-state index in [1.807, 2.05) is 13.0 Å². The highest BCUT2D eigenvalue weighted by Crippen LogP contribution is 2.16. The van der Waals surface area contributed by atoms with Crippen LogP contribution in [0, 0.1) is 24.6 Å². The molecule has 0 spiro atoms. The first kappa shape index (κ1) is 14.7. The number of hydrogen-bond donors (Lipinski definition) is 2. The lowest BCUT2D eigenvalue weighted by Gasteiger charge is -2.08. The van der Waals surface area contributed by atoms with Gasteiger partial charge in [-0.3, -0.25) is 9.78 Å². The third kappa shape index (κ3) is 3.65. The summed E-state index contributed by atoms with van der Waals surface area (Å²) in [7, 11) is 0. The van der Waals surface area contributed by atoms with Crippen LogP contribution in [0.1, 0.15) is 21.5 Å². The van der Waals surface area contributed by atoms with Crippen molar-refractivity contribution in [3.05, 3.63) is 59.2 Å². The van der Waals surface area contributed by atoms with Gasteiger partial charge in [-0.2, -0.15) is 0 Å². The molecule has 0 aliphatic heterocycles. The van der Waals surface area contributed by atoms with Gasteiger partial charge in [-0.1, -0.05) is 23.5 Å². The van der Waals surface area contributed by atoms with Gasteiger partial charge in [0.25, 0.3) is 5.91 Å². The van der Waals surface area contributed by atoms with Crippen molar-refractivity contribution in [3.8, 4) is 11.8 Å². The minimum Gasteiger partial charge on any atom is -0.320 e. The Morgan fingerprint density at radius 1 is 1.43 bits per heavy atom. The largest absolute Gasteiger partial charge is 0.320 e. The molecule has 2 rings (SSSR count). The van der Waals surface area contributed by atoms with E-state index in [1.165, 1.54) is 12.3 Å². The maximum Gasteiger partial charge on any atom is 0.257 e.